The number of nitrogens with zero attached hydrogens (tertiary/aromatic N) is 4. The van der Waals surface area contributed by atoms with E-state index < -0.39 is 0 Å². The Kier molecular flexibility index (Phi) is 5.61. The summed E-state index contributed by atoms with van der Waals surface area (Å²) in [6, 6.07) is 7.74. The molecule has 4 rings (SSSR count). The number of hydrogen-bond donors (Lipinski definition) is 2. The summed E-state index contributed by atoms with van der Waals surface area (Å²) in [5.41, 5.74) is 5.75. The van der Waals surface area contributed by atoms with Gasteiger partial charge in [-0.15, -0.1) is 0 Å². The number of rotatable bonds is 7. The number of fused-ring (bicyclic) bond motifs is 1. The first-order chi connectivity index (χ1) is 14.4. The minimum Gasteiger partial charge on any atom is -0.506 e. The molecule has 0 saturated carbocycles. The van der Waals surface area contributed by atoms with Crippen molar-refractivity contribution in [2.45, 2.75) is 46.6 Å². The van der Waals surface area contributed by atoms with Crippen molar-refractivity contribution in [2.24, 2.45) is 0 Å². The van der Waals surface area contributed by atoms with E-state index in [4.69, 9.17) is 4.98 Å². The van der Waals surface area contributed by atoms with Crippen LogP contribution in [0, 0.1) is 20.8 Å². The second-order valence-electron chi connectivity index (χ2n) is 8.15. The fourth-order valence-electron chi connectivity index (χ4n) is 4.14. The summed E-state index contributed by atoms with van der Waals surface area (Å²) in [6.45, 7) is 8.85. The molecule has 1 aliphatic rings. The molecule has 1 amide bonds. The Bertz CT molecular complexity index is 1090. The van der Waals surface area contributed by atoms with E-state index in [0.717, 1.165) is 60.7 Å². The Morgan fingerprint density at radius 1 is 1.17 bits per heavy atom. The number of hydrogen-bond acceptors (Lipinski definition) is 5. The second kappa shape index (κ2) is 8.34. The maximum atomic E-state index is 11.8. The van der Waals surface area contributed by atoms with Gasteiger partial charge in [-0.1, -0.05) is 6.07 Å². The summed E-state index contributed by atoms with van der Waals surface area (Å²) in [5, 5.41) is 13.8. The number of benzene rings is 1. The summed E-state index contributed by atoms with van der Waals surface area (Å²) >= 11 is 0. The van der Waals surface area contributed by atoms with Crippen LogP contribution in [0.4, 0.5) is 5.95 Å². The molecule has 1 aromatic carbocycles. The van der Waals surface area contributed by atoms with Gasteiger partial charge in [0, 0.05) is 31.7 Å². The Hall–Kier alpha value is -3.09. The second-order valence-corrected chi connectivity index (χ2v) is 8.15. The van der Waals surface area contributed by atoms with Crippen molar-refractivity contribution in [1.82, 2.24) is 19.4 Å². The first-order valence-corrected chi connectivity index (χ1v) is 10.6. The molecule has 0 radical (unpaired) electrons. The molecule has 0 atom stereocenters. The highest BCUT2D eigenvalue weighted by Gasteiger charge is 2.19. The van der Waals surface area contributed by atoms with Gasteiger partial charge in [0.05, 0.1) is 17.6 Å². The highest BCUT2D eigenvalue weighted by Crippen LogP contribution is 2.27. The van der Waals surface area contributed by atoms with Gasteiger partial charge in [0.15, 0.2) is 0 Å². The van der Waals surface area contributed by atoms with Crippen LogP contribution in [0.1, 0.15) is 41.8 Å². The van der Waals surface area contributed by atoms with E-state index in [1.54, 1.807) is 12.1 Å². The van der Waals surface area contributed by atoms with Gasteiger partial charge in [-0.3, -0.25) is 9.78 Å². The van der Waals surface area contributed by atoms with Crippen LogP contribution < -0.4 is 5.32 Å². The Labute approximate surface area is 176 Å². The maximum absolute atomic E-state index is 11.8. The van der Waals surface area contributed by atoms with Crippen molar-refractivity contribution in [3.8, 4) is 5.75 Å². The van der Waals surface area contributed by atoms with Crippen LogP contribution in [0.3, 0.4) is 0 Å². The first-order valence-electron chi connectivity index (χ1n) is 10.6. The average molecular weight is 408 g/mol. The van der Waals surface area contributed by atoms with E-state index in [1.165, 1.54) is 5.56 Å². The fourth-order valence-corrected chi connectivity index (χ4v) is 4.14. The molecule has 3 heterocycles. The molecule has 0 aliphatic carbocycles. The van der Waals surface area contributed by atoms with Crippen molar-refractivity contribution in [3.63, 3.8) is 0 Å². The van der Waals surface area contributed by atoms with E-state index in [9.17, 15) is 9.90 Å². The molecule has 2 aromatic heterocycles. The number of pyridine rings is 1. The van der Waals surface area contributed by atoms with Crippen molar-refractivity contribution >= 4 is 22.9 Å². The first kappa shape index (κ1) is 20.2. The van der Waals surface area contributed by atoms with E-state index in [0.29, 0.717) is 18.7 Å². The number of aromatic nitrogens is 3. The predicted molar refractivity (Wildman–Crippen MR) is 118 cm³/mol. The number of carbonyl (C=O) groups is 1. The number of anilines is 1. The van der Waals surface area contributed by atoms with Crippen LogP contribution >= 0.6 is 0 Å². The van der Waals surface area contributed by atoms with Crippen LogP contribution in [0.5, 0.6) is 5.75 Å². The molecule has 2 N–H and O–H groups in total. The summed E-state index contributed by atoms with van der Waals surface area (Å²) in [4.78, 5) is 23.1. The largest absolute Gasteiger partial charge is 0.506 e. The lowest BCUT2D eigenvalue weighted by molar-refractivity contribution is -0.127. The lowest BCUT2D eigenvalue weighted by Crippen LogP contribution is -2.27. The molecule has 3 aromatic rings. The lowest BCUT2D eigenvalue weighted by atomic mass is 10.1. The highest BCUT2D eigenvalue weighted by molar-refractivity contribution is 5.83. The number of imidazole rings is 1. The van der Waals surface area contributed by atoms with E-state index in [2.05, 4.69) is 40.8 Å². The van der Waals surface area contributed by atoms with Crippen LogP contribution in [0.25, 0.3) is 11.0 Å². The van der Waals surface area contributed by atoms with Crippen LogP contribution in [-0.2, 0) is 11.3 Å². The minimum absolute atomic E-state index is 0.185. The normalized spacial score (nSPS) is 14.1. The van der Waals surface area contributed by atoms with Gasteiger partial charge in [0.2, 0.25) is 11.9 Å². The molecule has 30 heavy (non-hydrogen) atoms. The van der Waals surface area contributed by atoms with Gasteiger partial charge < -0.3 is 19.9 Å². The SMILES string of the molecule is Cc1cc(C)c2nc(NCCCN3CCCC3=O)n(Cc3nc(C)ccc3O)c2c1. The number of aryl methyl sites for hydroxylation is 3. The third-order valence-electron chi connectivity index (χ3n) is 5.65. The van der Waals surface area contributed by atoms with Crippen molar-refractivity contribution in [3.05, 3.63) is 46.8 Å². The molecule has 1 fully saturated rings. The van der Waals surface area contributed by atoms with Crippen molar-refractivity contribution < 1.29 is 9.90 Å². The number of nitrogens with one attached hydrogen (secondary N) is 1. The van der Waals surface area contributed by atoms with Crippen LogP contribution in [-0.4, -0.2) is 50.1 Å². The van der Waals surface area contributed by atoms with Crippen molar-refractivity contribution in [2.75, 3.05) is 25.0 Å². The summed E-state index contributed by atoms with van der Waals surface area (Å²) in [5.74, 6) is 1.20. The molecule has 1 saturated heterocycles. The monoisotopic (exact) mass is 407 g/mol. The van der Waals surface area contributed by atoms with E-state index >= 15 is 0 Å². The summed E-state index contributed by atoms with van der Waals surface area (Å²) in [6.07, 6.45) is 2.50. The minimum atomic E-state index is 0.185. The number of aromatic hydroxyl groups is 1. The topological polar surface area (TPSA) is 83.3 Å². The average Bonchev–Trinajstić information content (AvgIpc) is 3.26. The highest BCUT2D eigenvalue weighted by atomic mass is 16.3. The quantitative estimate of drug-likeness (QED) is 0.586. The summed E-state index contributed by atoms with van der Waals surface area (Å²) < 4.78 is 2.08. The van der Waals surface area contributed by atoms with Crippen LogP contribution in [0.15, 0.2) is 24.3 Å². The third kappa shape index (κ3) is 4.10. The van der Waals surface area contributed by atoms with Crippen molar-refractivity contribution in [1.29, 1.82) is 0 Å². The standard InChI is InChI=1S/C23H29N5O2/c1-15-12-16(2)22-19(13-15)28(14-18-20(29)8-7-17(3)25-18)23(26-22)24-9-5-11-27-10-4-6-21(27)30/h7-8,12-13,29H,4-6,9-11,14H2,1-3H3,(H,24,26). The third-order valence-corrected chi connectivity index (χ3v) is 5.65. The van der Waals surface area contributed by atoms with Gasteiger partial charge in [0.1, 0.15) is 11.4 Å². The predicted octanol–water partition coefficient (Wildman–Crippen LogP) is 3.53. The number of carbonyl (C=O) groups excluding carboxylic acids is 1. The Balaban J connectivity index is 1.59. The summed E-state index contributed by atoms with van der Waals surface area (Å²) in [7, 11) is 0. The number of amides is 1. The molecule has 0 unspecified atom stereocenters. The van der Waals surface area contributed by atoms with Gasteiger partial charge in [0.25, 0.3) is 0 Å². The maximum Gasteiger partial charge on any atom is 0.222 e. The van der Waals surface area contributed by atoms with Gasteiger partial charge in [-0.2, -0.15) is 0 Å². The Morgan fingerprint density at radius 2 is 2.00 bits per heavy atom. The molecule has 7 nitrogen and oxygen atoms in total. The van der Waals surface area contributed by atoms with E-state index in [1.807, 2.05) is 11.8 Å². The fraction of sp³-hybridized carbons (Fsp3) is 0.435. The molecule has 158 valence electrons. The Morgan fingerprint density at radius 3 is 2.77 bits per heavy atom. The van der Waals surface area contributed by atoms with Gasteiger partial charge in [-0.05, 0) is 62.9 Å². The van der Waals surface area contributed by atoms with Crippen LogP contribution in [0.2, 0.25) is 0 Å². The molecular weight excluding hydrogens is 378 g/mol. The lowest BCUT2D eigenvalue weighted by Gasteiger charge is -2.16. The molecule has 7 heteroatoms. The van der Waals surface area contributed by atoms with E-state index in [-0.39, 0.29) is 11.7 Å². The molecule has 1 aliphatic heterocycles. The molecule has 0 spiro atoms. The zero-order valence-corrected chi connectivity index (χ0v) is 17.9. The molecular formula is C23H29N5O2. The zero-order chi connectivity index (χ0) is 21.3. The zero-order valence-electron chi connectivity index (χ0n) is 17.9. The molecule has 0 bridgehead atoms. The van der Waals surface area contributed by atoms with Gasteiger partial charge in [-0.25, -0.2) is 4.98 Å². The van der Waals surface area contributed by atoms with Gasteiger partial charge >= 0.3 is 0 Å². The number of likely N-dealkylation sites (tertiary alicyclic amines) is 1. The smallest absolute Gasteiger partial charge is 0.222 e.